The number of ketones is 1. The van der Waals surface area contributed by atoms with Crippen molar-refractivity contribution in [2.45, 2.75) is 47.0 Å². The minimum absolute atomic E-state index is 0.305. The van der Waals surface area contributed by atoms with Crippen molar-refractivity contribution in [1.29, 1.82) is 0 Å². The zero-order valence-electron chi connectivity index (χ0n) is 12.7. The fourth-order valence-corrected chi connectivity index (χ4v) is 2.46. The van der Waals surface area contributed by atoms with Crippen LogP contribution in [0.1, 0.15) is 43.4 Å². The van der Waals surface area contributed by atoms with Crippen molar-refractivity contribution in [3.8, 4) is 0 Å². The van der Waals surface area contributed by atoms with E-state index in [1.165, 1.54) is 11.1 Å². The number of hydrogen-bond donors (Lipinski definition) is 1. The third-order valence-corrected chi connectivity index (χ3v) is 3.63. The quantitative estimate of drug-likeness (QED) is 0.817. The molecule has 0 fully saturated rings. The van der Waals surface area contributed by atoms with Gasteiger partial charge >= 0.3 is 0 Å². The molecule has 1 aromatic rings. The summed E-state index contributed by atoms with van der Waals surface area (Å²) in [6, 6.07) is 6.26. The summed E-state index contributed by atoms with van der Waals surface area (Å²) in [5.41, 5.74) is 9.40. The van der Waals surface area contributed by atoms with Gasteiger partial charge in [-0.15, -0.1) is 0 Å². The monoisotopic (exact) mass is 261 g/mol. The highest BCUT2D eigenvalue weighted by molar-refractivity contribution is 5.81. The van der Waals surface area contributed by atoms with Crippen LogP contribution in [0.2, 0.25) is 0 Å². The predicted octanol–water partition coefficient (Wildman–Crippen LogP) is 3.43. The molecule has 2 heteroatoms. The average Bonchev–Trinajstić information content (AvgIpc) is 2.32. The van der Waals surface area contributed by atoms with E-state index in [1.54, 1.807) is 0 Å². The summed E-state index contributed by atoms with van der Waals surface area (Å²) < 4.78 is 0. The Kier molecular flexibility index (Phi) is 6.23. The Morgan fingerprint density at radius 1 is 1.21 bits per heavy atom. The first-order valence-corrected chi connectivity index (χ1v) is 7.20. The normalized spacial score (nSPS) is 12.7. The van der Waals surface area contributed by atoms with Crippen molar-refractivity contribution in [3.05, 3.63) is 34.9 Å². The highest BCUT2D eigenvalue weighted by atomic mass is 16.1. The number of carbonyl (C=O) groups excluding carboxylic acids is 1. The standard InChI is InChI=1S/C17H27NO/c1-12(2)7-16(11-18)10-17(19)9-15-6-5-13(3)14(4)8-15/h5-6,8,12,16H,7,9-11,18H2,1-4H3. The summed E-state index contributed by atoms with van der Waals surface area (Å²) in [5, 5.41) is 0. The SMILES string of the molecule is Cc1ccc(CC(=O)CC(CN)CC(C)C)cc1C. The van der Waals surface area contributed by atoms with Gasteiger partial charge in [-0.1, -0.05) is 32.0 Å². The van der Waals surface area contributed by atoms with E-state index in [1.807, 2.05) is 0 Å². The average molecular weight is 261 g/mol. The molecule has 2 N–H and O–H groups in total. The minimum Gasteiger partial charge on any atom is -0.330 e. The van der Waals surface area contributed by atoms with E-state index in [-0.39, 0.29) is 0 Å². The molecule has 2 nitrogen and oxygen atoms in total. The Labute approximate surface area is 117 Å². The number of aryl methyl sites for hydroxylation is 2. The number of carbonyl (C=O) groups is 1. The summed E-state index contributed by atoms with van der Waals surface area (Å²) in [5.74, 6) is 1.24. The Balaban J connectivity index is 2.56. The van der Waals surface area contributed by atoms with Crippen LogP contribution in [0.5, 0.6) is 0 Å². The van der Waals surface area contributed by atoms with Crippen LogP contribution < -0.4 is 5.73 Å². The number of rotatable bonds is 7. The summed E-state index contributed by atoms with van der Waals surface area (Å²) in [6.45, 7) is 9.14. The van der Waals surface area contributed by atoms with Crippen LogP contribution >= 0.6 is 0 Å². The Morgan fingerprint density at radius 3 is 2.42 bits per heavy atom. The van der Waals surface area contributed by atoms with E-state index >= 15 is 0 Å². The lowest BCUT2D eigenvalue weighted by Gasteiger charge is -2.16. The van der Waals surface area contributed by atoms with E-state index in [0.29, 0.717) is 37.0 Å². The second-order valence-electron chi connectivity index (χ2n) is 6.07. The van der Waals surface area contributed by atoms with Gasteiger partial charge in [-0.25, -0.2) is 0 Å². The molecular weight excluding hydrogens is 234 g/mol. The van der Waals surface area contributed by atoms with Crippen LogP contribution in [0.3, 0.4) is 0 Å². The molecular formula is C17H27NO. The van der Waals surface area contributed by atoms with Crippen LogP contribution in [-0.4, -0.2) is 12.3 Å². The first-order valence-electron chi connectivity index (χ1n) is 7.20. The van der Waals surface area contributed by atoms with Crippen LogP contribution in [0.25, 0.3) is 0 Å². The lowest BCUT2D eigenvalue weighted by molar-refractivity contribution is -0.119. The number of hydrogen-bond acceptors (Lipinski definition) is 2. The van der Waals surface area contributed by atoms with Crippen LogP contribution in [0.15, 0.2) is 18.2 Å². The molecule has 0 amide bonds. The van der Waals surface area contributed by atoms with Gasteiger partial charge in [0, 0.05) is 12.8 Å². The van der Waals surface area contributed by atoms with Crippen LogP contribution in [-0.2, 0) is 11.2 Å². The zero-order valence-corrected chi connectivity index (χ0v) is 12.7. The molecule has 0 aromatic heterocycles. The van der Waals surface area contributed by atoms with E-state index in [9.17, 15) is 4.79 Å². The second kappa shape index (κ2) is 7.44. The fraction of sp³-hybridized carbons (Fsp3) is 0.588. The van der Waals surface area contributed by atoms with Crippen molar-refractivity contribution in [3.63, 3.8) is 0 Å². The van der Waals surface area contributed by atoms with Crippen molar-refractivity contribution in [2.75, 3.05) is 6.54 Å². The van der Waals surface area contributed by atoms with Crippen molar-refractivity contribution in [2.24, 2.45) is 17.6 Å². The minimum atomic E-state index is 0.305. The van der Waals surface area contributed by atoms with Gasteiger partial charge in [-0.3, -0.25) is 4.79 Å². The Hall–Kier alpha value is -1.15. The van der Waals surface area contributed by atoms with E-state index in [0.717, 1.165) is 12.0 Å². The highest BCUT2D eigenvalue weighted by Gasteiger charge is 2.14. The number of benzene rings is 1. The molecule has 1 aromatic carbocycles. The van der Waals surface area contributed by atoms with E-state index in [2.05, 4.69) is 45.9 Å². The maximum Gasteiger partial charge on any atom is 0.137 e. The maximum atomic E-state index is 12.1. The smallest absolute Gasteiger partial charge is 0.137 e. The predicted molar refractivity (Wildman–Crippen MR) is 81.2 cm³/mol. The van der Waals surface area contributed by atoms with Gasteiger partial charge in [0.25, 0.3) is 0 Å². The van der Waals surface area contributed by atoms with Crippen LogP contribution in [0.4, 0.5) is 0 Å². The molecule has 1 unspecified atom stereocenters. The molecule has 0 heterocycles. The van der Waals surface area contributed by atoms with Crippen LogP contribution in [0, 0.1) is 25.7 Å². The fourth-order valence-electron chi connectivity index (χ4n) is 2.46. The van der Waals surface area contributed by atoms with E-state index in [4.69, 9.17) is 5.73 Å². The Morgan fingerprint density at radius 2 is 1.89 bits per heavy atom. The summed E-state index contributed by atoms with van der Waals surface area (Å²) in [4.78, 5) is 12.1. The molecule has 0 bridgehead atoms. The maximum absolute atomic E-state index is 12.1. The summed E-state index contributed by atoms with van der Waals surface area (Å²) in [6.07, 6.45) is 2.19. The first kappa shape index (κ1) is 15.9. The molecule has 0 aliphatic carbocycles. The molecule has 0 saturated carbocycles. The largest absolute Gasteiger partial charge is 0.330 e. The number of nitrogens with two attached hydrogens (primary N) is 1. The number of Topliss-reactive ketones (excluding diaryl/α,β-unsaturated/α-hetero) is 1. The highest BCUT2D eigenvalue weighted by Crippen LogP contribution is 2.17. The zero-order chi connectivity index (χ0) is 14.4. The summed E-state index contributed by atoms with van der Waals surface area (Å²) in [7, 11) is 0. The van der Waals surface area contributed by atoms with Crippen molar-refractivity contribution < 1.29 is 4.79 Å². The molecule has 0 aliphatic rings. The van der Waals surface area contributed by atoms with Gasteiger partial charge in [-0.05, 0) is 55.3 Å². The van der Waals surface area contributed by atoms with Crippen molar-refractivity contribution >= 4 is 5.78 Å². The third-order valence-electron chi connectivity index (χ3n) is 3.63. The van der Waals surface area contributed by atoms with Crippen molar-refractivity contribution in [1.82, 2.24) is 0 Å². The van der Waals surface area contributed by atoms with E-state index < -0.39 is 0 Å². The third kappa shape index (κ3) is 5.56. The van der Waals surface area contributed by atoms with Gasteiger partial charge in [0.2, 0.25) is 0 Å². The lowest BCUT2D eigenvalue weighted by atomic mass is 9.90. The van der Waals surface area contributed by atoms with Gasteiger partial charge < -0.3 is 5.73 Å². The molecule has 19 heavy (non-hydrogen) atoms. The molecule has 0 aliphatic heterocycles. The van der Waals surface area contributed by atoms with Gasteiger partial charge in [-0.2, -0.15) is 0 Å². The molecule has 1 rings (SSSR count). The first-order chi connectivity index (χ1) is 8.92. The topological polar surface area (TPSA) is 43.1 Å². The molecule has 106 valence electrons. The second-order valence-corrected chi connectivity index (χ2v) is 6.07. The van der Waals surface area contributed by atoms with Gasteiger partial charge in [0.05, 0.1) is 0 Å². The van der Waals surface area contributed by atoms with Gasteiger partial charge in [0.1, 0.15) is 5.78 Å². The van der Waals surface area contributed by atoms with Gasteiger partial charge in [0.15, 0.2) is 0 Å². The lowest BCUT2D eigenvalue weighted by Crippen LogP contribution is -2.20. The molecule has 0 radical (unpaired) electrons. The Bertz CT molecular complexity index is 423. The molecule has 1 atom stereocenters. The summed E-state index contributed by atoms with van der Waals surface area (Å²) >= 11 is 0. The molecule has 0 saturated heterocycles. The molecule has 0 spiro atoms.